The van der Waals surface area contributed by atoms with Crippen molar-refractivity contribution in [2.24, 2.45) is 0 Å². The van der Waals surface area contributed by atoms with E-state index in [1.165, 1.54) is 11.5 Å². The van der Waals surface area contributed by atoms with Crippen LogP contribution in [0.5, 0.6) is 0 Å². The van der Waals surface area contributed by atoms with Crippen LogP contribution >= 0.6 is 11.5 Å². The summed E-state index contributed by atoms with van der Waals surface area (Å²) in [6.07, 6.45) is 7.22. The number of fused-ring (bicyclic) bond motifs is 1. The van der Waals surface area contributed by atoms with Crippen molar-refractivity contribution in [3.8, 4) is 0 Å². The highest BCUT2D eigenvalue weighted by Crippen LogP contribution is 2.23. The number of aryl methyl sites for hydroxylation is 1. The van der Waals surface area contributed by atoms with E-state index in [1.807, 2.05) is 35.9 Å². The molecule has 0 spiro atoms. The van der Waals surface area contributed by atoms with Crippen molar-refractivity contribution in [2.45, 2.75) is 13.5 Å². The van der Waals surface area contributed by atoms with Gasteiger partial charge in [-0.05, 0) is 36.7 Å². The summed E-state index contributed by atoms with van der Waals surface area (Å²) >= 11 is 1.38. The molecule has 0 saturated carbocycles. The van der Waals surface area contributed by atoms with Crippen LogP contribution in [0.2, 0.25) is 0 Å². The molecule has 0 aliphatic rings. The van der Waals surface area contributed by atoms with Crippen LogP contribution in [0.4, 0.5) is 16.8 Å². The molecular formula is C16H16N8S. The Morgan fingerprint density at radius 3 is 3.00 bits per heavy atom. The SMILES string of the molecule is Cc1cc(Nc2nc(NCCn3ccnc3)c3ncccc3n2)sn1. The highest BCUT2D eigenvalue weighted by atomic mass is 32.1. The summed E-state index contributed by atoms with van der Waals surface area (Å²) in [7, 11) is 0. The van der Waals surface area contributed by atoms with E-state index in [9.17, 15) is 0 Å². The van der Waals surface area contributed by atoms with Gasteiger partial charge in [-0.25, -0.2) is 9.97 Å². The molecule has 0 aliphatic carbocycles. The first-order chi connectivity index (χ1) is 12.3. The number of nitrogens with one attached hydrogen (secondary N) is 2. The van der Waals surface area contributed by atoms with Crippen LogP contribution in [-0.4, -0.2) is 35.4 Å². The lowest BCUT2D eigenvalue weighted by molar-refractivity contribution is 0.725. The third-order valence-corrected chi connectivity index (χ3v) is 4.34. The maximum Gasteiger partial charge on any atom is 0.230 e. The second kappa shape index (κ2) is 6.81. The topological polar surface area (TPSA) is 93.4 Å². The molecule has 0 atom stereocenters. The lowest BCUT2D eigenvalue weighted by Gasteiger charge is -2.10. The molecule has 4 rings (SSSR count). The van der Waals surface area contributed by atoms with Crippen molar-refractivity contribution in [2.75, 3.05) is 17.2 Å². The van der Waals surface area contributed by atoms with Gasteiger partial charge in [0.15, 0.2) is 5.82 Å². The van der Waals surface area contributed by atoms with Crippen molar-refractivity contribution in [1.29, 1.82) is 0 Å². The number of hydrogen-bond acceptors (Lipinski definition) is 8. The van der Waals surface area contributed by atoms with Crippen molar-refractivity contribution >= 4 is 39.3 Å². The second-order valence-electron chi connectivity index (χ2n) is 5.45. The Balaban J connectivity index is 1.59. The molecule has 0 aliphatic heterocycles. The predicted molar refractivity (Wildman–Crippen MR) is 98.2 cm³/mol. The summed E-state index contributed by atoms with van der Waals surface area (Å²) in [6.45, 7) is 3.45. The molecule has 0 aromatic carbocycles. The van der Waals surface area contributed by atoms with Gasteiger partial charge in [-0.2, -0.15) is 9.36 Å². The molecule has 25 heavy (non-hydrogen) atoms. The largest absolute Gasteiger partial charge is 0.366 e. The number of aromatic nitrogens is 6. The molecule has 126 valence electrons. The summed E-state index contributed by atoms with van der Waals surface area (Å²) in [5, 5.41) is 7.46. The minimum atomic E-state index is 0.522. The molecule has 0 bridgehead atoms. The van der Waals surface area contributed by atoms with Crippen LogP contribution in [0.15, 0.2) is 43.1 Å². The lowest BCUT2D eigenvalue weighted by Crippen LogP contribution is -2.12. The second-order valence-corrected chi connectivity index (χ2v) is 6.26. The van der Waals surface area contributed by atoms with Crippen LogP contribution in [0.1, 0.15) is 5.69 Å². The van der Waals surface area contributed by atoms with Crippen molar-refractivity contribution in [3.05, 3.63) is 48.8 Å². The first kappa shape index (κ1) is 15.5. The van der Waals surface area contributed by atoms with Gasteiger partial charge in [0.2, 0.25) is 5.95 Å². The molecule has 0 radical (unpaired) electrons. The van der Waals surface area contributed by atoms with E-state index >= 15 is 0 Å². The molecule has 8 nitrogen and oxygen atoms in total. The van der Waals surface area contributed by atoms with E-state index in [0.717, 1.165) is 28.3 Å². The van der Waals surface area contributed by atoms with E-state index in [1.54, 1.807) is 18.7 Å². The summed E-state index contributed by atoms with van der Waals surface area (Å²) in [5.74, 6) is 1.23. The number of imidazole rings is 1. The summed E-state index contributed by atoms with van der Waals surface area (Å²) in [5.41, 5.74) is 2.50. The van der Waals surface area contributed by atoms with Crippen LogP contribution < -0.4 is 10.6 Å². The highest BCUT2D eigenvalue weighted by Gasteiger charge is 2.09. The molecule has 0 saturated heterocycles. The normalized spacial score (nSPS) is 10.9. The number of pyridine rings is 1. The maximum atomic E-state index is 4.58. The summed E-state index contributed by atoms with van der Waals surface area (Å²) in [6, 6.07) is 5.76. The van der Waals surface area contributed by atoms with Crippen molar-refractivity contribution in [3.63, 3.8) is 0 Å². The Labute approximate surface area is 148 Å². The predicted octanol–water partition coefficient (Wildman–Crippen LogP) is 2.84. The van der Waals surface area contributed by atoms with Crippen LogP contribution in [0.3, 0.4) is 0 Å². The average molecular weight is 352 g/mol. The van der Waals surface area contributed by atoms with Gasteiger partial charge in [-0.15, -0.1) is 0 Å². The molecule has 0 amide bonds. The zero-order chi connectivity index (χ0) is 17.1. The van der Waals surface area contributed by atoms with E-state index in [4.69, 9.17) is 0 Å². The van der Waals surface area contributed by atoms with E-state index in [-0.39, 0.29) is 0 Å². The Kier molecular flexibility index (Phi) is 4.21. The maximum absolute atomic E-state index is 4.58. The van der Waals surface area contributed by atoms with Crippen LogP contribution in [0, 0.1) is 6.92 Å². The Hall–Kier alpha value is -3.07. The first-order valence-corrected chi connectivity index (χ1v) is 8.58. The fourth-order valence-corrected chi connectivity index (χ4v) is 3.06. The molecular weight excluding hydrogens is 336 g/mol. The molecule has 4 heterocycles. The summed E-state index contributed by atoms with van der Waals surface area (Å²) in [4.78, 5) is 17.6. The van der Waals surface area contributed by atoms with Gasteiger partial charge < -0.3 is 15.2 Å². The average Bonchev–Trinajstić information content (AvgIpc) is 3.27. The first-order valence-electron chi connectivity index (χ1n) is 7.81. The van der Waals surface area contributed by atoms with E-state index in [2.05, 4.69) is 34.9 Å². The Morgan fingerprint density at radius 1 is 1.24 bits per heavy atom. The van der Waals surface area contributed by atoms with Gasteiger partial charge >= 0.3 is 0 Å². The zero-order valence-corrected chi connectivity index (χ0v) is 14.4. The van der Waals surface area contributed by atoms with Crippen molar-refractivity contribution in [1.82, 2.24) is 28.9 Å². The standard InChI is InChI=1S/C16H16N8S/c1-11-9-13(25-23-11)21-16-20-12-3-2-4-18-14(12)15(22-16)19-6-8-24-7-5-17-10-24/h2-5,7,9-10H,6,8H2,1H3,(H2,19,20,21,22). The third-order valence-electron chi connectivity index (χ3n) is 3.54. The molecule has 0 fully saturated rings. The van der Waals surface area contributed by atoms with E-state index < -0.39 is 0 Å². The fraction of sp³-hybridized carbons (Fsp3) is 0.188. The van der Waals surface area contributed by atoms with Gasteiger partial charge in [0.1, 0.15) is 10.5 Å². The monoisotopic (exact) mass is 352 g/mol. The Bertz CT molecular complexity index is 979. The lowest BCUT2D eigenvalue weighted by atomic mass is 10.3. The quantitative estimate of drug-likeness (QED) is 0.551. The van der Waals surface area contributed by atoms with Crippen molar-refractivity contribution < 1.29 is 0 Å². The number of hydrogen-bond donors (Lipinski definition) is 2. The van der Waals surface area contributed by atoms with Gasteiger partial charge in [-0.3, -0.25) is 4.98 Å². The molecule has 0 unspecified atom stereocenters. The van der Waals surface area contributed by atoms with Gasteiger partial charge in [0.05, 0.1) is 17.5 Å². The number of rotatable bonds is 6. The van der Waals surface area contributed by atoms with E-state index in [0.29, 0.717) is 18.3 Å². The molecule has 4 aromatic rings. The minimum absolute atomic E-state index is 0.522. The summed E-state index contributed by atoms with van der Waals surface area (Å²) < 4.78 is 6.27. The molecule has 2 N–H and O–H groups in total. The zero-order valence-electron chi connectivity index (χ0n) is 13.5. The van der Waals surface area contributed by atoms with Crippen LogP contribution in [-0.2, 0) is 6.54 Å². The van der Waals surface area contributed by atoms with Gasteiger partial charge in [-0.1, -0.05) is 0 Å². The fourth-order valence-electron chi connectivity index (χ4n) is 2.40. The minimum Gasteiger partial charge on any atom is -0.366 e. The smallest absolute Gasteiger partial charge is 0.230 e. The third kappa shape index (κ3) is 3.56. The highest BCUT2D eigenvalue weighted by molar-refractivity contribution is 7.10. The number of nitrogens with zero attached hydrogens (tertiary/aromatic N) is 6. The van der Waals surface area contributed by atoms with Gasteiger partial charge in [0, 0.05) is 31.7 Å². The molecule has 9 heteroatoms. The molecule has 4 aromatic heterocycles. The van der Waals surface area contributed by atoms with Gasteiger partial charge in [0.25, 0.3) is 0 Å². The number of anilines is 3. The van der Waals surface area contributed by atoms with Crippen LogP contribution in [0.25, 0.3) is 11.0 Å². The Morgan fingerprint density at radius 2 is 2.20 bits per heavy atom.